The van der Waals surface area contributed by atoms with Gasteiger partial charge in [-0.1, -0.05) is 0 Å². The van der Waals surface area contributed by atoms with E-state index in [4.69, 9.17) is 0 Å². The van der Waals surface area contributed by atoms with Gasteiger partial charge in [0.2, 0.25) is 0 Å². The standard InChI is InChI=1S/C8H10N2O3/c1-13-8(12)5-7(11)6-10-4-2-3-9-10/h2-4H,5-6H2,1H3. The zero-order valence-corrected chi connectivity index (χ0v) is 7.27. The van der Waals surface area contributed by atoms with Gasteiger partial charge < -0.3 is 4.74 Å². The van der Waals surface area contributed by atoms with E-state index < -0.39 is 5.97 Å². The fourth-order valence-corrected chi connectivity index (χ4v) is 0.864. The molecule has 0 unspecified atom stereocenters. The van der Waals surface area contributed by atoms with Gasteiger partial charge in [-0.05, 0) is 6.07 Å². The SMILES string of the molecule is COC(=O)CC(=O)Cn1cccn1. The average Bonchev–Trinajstić information content (AvgIpc) is 2.56. The number of Topliss-reactive ketones (excluding diaryl/α,β-unsaturated/α-hetero) is 1. The summed E-state index contributed by atoms with van der Waals surface area (Å²) in [6.45, 7) is 0.113. The maximum absolute atomic E-state index is 11.1. The Balaban J connectivity index is 2.38. The van der Waals surface area contributed by atoms with E-state index in [-0.39, 0.29) is 18.7 Å². The normalized spacial score (nSPS) is 9.62. The van der Waals surface area contributed by atoms with Crippen molar-refractivity contribution >= 4 is 11.8 Å². The Morgan fingerprint density at radius 3 is 2.85 bits per heavy atom. The van der Waals surface area contributed by atoms with E-state index in [2.05, 4.69) is 9.84 Å². The molecular formula is C8H10N2O3. The summed E-state index contributed by atoms with van der Waals surface area (Å²) in [5.41, 5.74) is 0. The zero-order chi connectivity index (χ0) is 9.68. The summed E-state index contributed by atoms with van der Waals surface area (Å²) in [6.07, 6.45) is 3.04. The van der Waals surface area contributed by atoms with Crippen molar-refractivity contribution in [1.29, 1.82) is 0 Å². The number of rotatable bonds is 4. The molecule has 0 saturated carbocycles. The Kier molecular flexibility index (Phi) is 3.19. The monoisotopic (exact) mass is 182 g/mol. The number of carbonyl (C=O) groups excluding carboxylic acids is 2. The van der Waals surface area contributed by atoms with E-state index in [9.17, 15) is 9.59 Å². The smallest absolute Gasteiger partial charge is 0.313 e. The number of esters is 1. The summed E-state index contributed by atoms with van der Waals surface area (Å²) in [7, 11) is 1.25. The maximum atomic E-state index is 11.1. The second-order valence-electron chi connectivity index (χ2n) is 2.50. The van der Waals surface area contributed by atoms with Crippen molar-refractivity contribution in [3.63, 3.8) is 0 Å². The summed E-state index contributed by atoms with van der Waals surface area (Å²) in [6, 6.07) is 1.71. The lowest BCUT2D eigenvalue weighted by Gasteiger charge is -1.99. The molecule has 1 rings (SSSR count). The molecule has 70 valence electrons. The van der Waals surface area contributed by atoms with Crippen molar-refractivity contribution in [2.75, 3.05) is 7.11 Å². The molecule has 0 spiro atoms. The molecule has 0 N–H and O–H groups in total. The van der Waals surface area contributed by atoms with Gasteiger partial charge in [0, 0.05) is 12.4 Å². The van der Waals surface area contributed by atoms with Crippen LogP contribution in [0.25, 0.3) is 0 Å². The fourth-order valence-electron chi connectivity index (χ4n) is 0.864. The Hall–Kier alpha value is -1.65. The Bertz CT molecular complexity index is 292. The van der Waals surface area contributed by atoms with Gasteiger partial charge in [0.1, 0.15) is 13.0 Å². The first kappa shape index (κ1) is 9.44. The van der Waals surface area contributed by atoms with Crippen LogP contribution in [0.2, 0.25) is 0 Å². The predicted octanol–water partition coefficient (Wildman–Crippen LogP) is 0.0153. The molecule has 1 aromatic heterocycles. The van der Waals surface area contributed by atoms with Crippen LogP contribution in [0.1, 0.15) is 6.42 Å². The molecular weight excluding hydrogens is 172 g/mol. The zero-order valence-electron chi connectivity index (χ0n) is 7.27. The summed E-state index contributed by atoms with van der Waals surface area (Å²) >= 11 is 0. The number of ether oxygens (including phenoxy) is 1. The summed E-state index contributed by atoms with van der Waals surface area (Å²) in [5, 5.41) is 3.83. The predicted molar refractivity (Wildman–Crippen MR) is 43.9 cm³/mol. The van der Waals surface area contributed by atoms with E-state index in [1.807, 2.05) is 0 Å². The number of hydrogen-bond donors (Lipinski definition) is 0. The number of ketones is 1. The minimum absolute atomic E-state index is 0.113. The molecule has 0 atom stereocenters. The topological polar surface area (TPSA) is 61.2 Å². The molecule has 0 fully saturated rings. The number of methoxy groups -OCH3 is 1. The summed E-state index contributed by atoms with van der Waals surface area (Å²) in [5.74, 6) is -0.729. The van der Waals surface area contributed by atoms with E-state index in [1.54, 1.807) is 18.5 Å². The van der Waals surface area contributed by atoms with Crippen molar-refractivity contribution in [2.24, 2.45) is 0 Å². The van der Waals surface area contributed by atoms with Crippen molar-refractivity contribution < 1.29 is 14.3 Å². The Morgan fingerprint density at radius 2 is 2.31 bits per heavy atom. The molecule has 0 saturated heterocycles. The van der Waals surface area contributed by atoms with E-state index >= 15 is 0 Å². The lowest BCUT2D eigenvalue weighted by Crippen LogP contribution is -2.15. The molecule has 0 bridgehead atoms. The van der Waals surface area contributed by atoms with Gasteiger partial charge in [0.05, 0.1) is 7.11 Å². The summed E-state index contributed by atoms with van der Waals surface area (Å²) in [4.78, 5) is 21.8. The van der Waals surface area contributed by atoms with Gasteiger partial charge in [0.25, 0.3) is 0 Å². The maximum Gasteiger partial charge on any atom is 0.313 e. The van der Waals surface area contributed by atoms with Crippen LogP contribution in [0.4, 0.5) is 0 Å². The van der Waals surface area contributed by atoms with Crippen LogP contribution in [0, 0.1) is 0 Å². The van der Waals surface area contributed by atoms with Crippen LogP contribution >= 0.6 is 0 Å². The minimum Gasteiger partial charge on any atom is -0.469 e. The minimum atomic E-state index is -0.517. The number of hydrogen-bond acceptors (Lipinski definition) is 4. The van der Waals surface area contributed by atoms with Crippen LogP contribution < -0.4 is 0 Å². The van der Waals surface area contributed by atoms with Gasteiger partial charge in [-0.25, -0.2) is 0 Å². The van der Waals surface area contributed by atoms with Gasteiger partial charge in [-0.2, -0.15) is 5.10 Å². The number of aromatic nitrogens is 2. The highest BCUT2D eigenvalue weighted by atomic mass is 16.5. The Morgan fingerprint density at radius 1 is 1.54 bits per heavy atom. The highest BCUT2D eigenvalue weighted by molar-refractivity contribution is 5.95. The van der Waals surface area contributed by atoms with E-state index in [0.717, 1.165) is 0 Å². The number of nitrogens with zero attached hydrogens (tertiary/aromatic N) is 2. The molecule has 5 heteroatoms. The average molecular weight is 182 g/mol. The van der Waals surface area contributed by atoms with Gasteiger partial charge in [-0.3, -0.25) is 14.3 Å². The second kappa shape index (κ2) is 4.39. The number of carbonyl (C=O) groups is 2. The molecule has 0 aliphatic rings. The third kappa shape index (κ3) is 3.06. The molecule has 0 radical (unpaired) electrons. The second-order valence-corrected chi connectivity index (χ2v) is 2.50. The summed E-state index contributed by atoms with van der Waals surface area (Å²) < 4.78 is 5.81. The first-order valence-corrected chi connectivity index (χ1v) is 3.78. The highest BCUT2D eigenvalue weighted by Crippen LogP contribution is 1.91. The molecule has 5 nitrogen and oxygen atoms in total. The molecule has 1 aromatic rings. The Labute approximate surface area is 75.3 Å². The lowest BCUT2D eigenvalue weighted by atomic mass is 10.3. The van der Waals surface area contributed by atoms with Crippen LogP contribution in [0.5, 0.6) is 0 Å². The lowest BCUT2D eigenvalue weighted by molar-refractivity contribution is -0.143. The molecule has 0 aliphatic heterocycles. The quantitative estimate of drug-likeness (QED) is 0.486. The molecule has 13 heavy (non-hydrogen) atoms. The van der Waals surface area contributed by atoms with Crippen LogP contribution in [-0.2, 0) is 20.9 Å². The first-order valence-electron chi connectivity index (χ1n) is 3.78. The fraction of sp³-hybridized carbons (Fsp3) is 0.375. The van der Waals surface area contributed by atoms with Crippen molar-refractivity contribution in [3.8, 4) is 0 Å². The third-order valence-corrected chi connectivity index (χ3v) is 1.47. The molecule has 1 heterocycles. The molecule has 0 aromatic carbocycles. The van der Waals surface area contributed by atoms with Crippen LogP contribution in [0.15, 0.2) is 18.5 Å². The van der Waals surface area contributed by atoms with Crippen LogP contribution in [-0.4, -0.2) is 28.6 Å². The van der Waals surface area contributed by atoms with Gasteiger partial charge in [-0.15, -0.1) is 0 Å². The van der Waals surface area contributed by atoms with Gasteiger partial charge >= 0.3 is 5.97 Å². The largest absolute Gasteiger partial charge is 0.469 e. The van der Waals surface area contributed by atoms with Crippen LogP contribution in [0.3, 0.4) is 0 Å². The van der Waals surface area contributed by atoms with E-state index in [0.29, 0.717) is 0 Å². The van der Waals surface area contributed by atoms with Crippen molar-refractivity contribution in [3.05, 3.63) is 18.5 Å². The first-order chi connectivity index (χ1) is 6.22. The highest BCUT2D eigenvalue weighted by Gasteiger charge is 2.09. The van der Waals surface area contributed by atoms with Gasteiger partial charge in [0.15, 0.2) is 5.78 Å². The molecule has 0 aliphatic carbocycles. The van der Waals surface area contributed by atoms with Crippen molar-refractivity contribution in [1.82, 2.24) is 9.78 Å². The molecule has 0 amide bonds. The third-order valence-electron chi connectivity index (χ3n) is 1.47. The van der Waals surface area contributed by atoms with Crippen molar-refractivity contribution in [2.45, 2.75) is 13.0 Å². The van der Waals surface area contributed by atoms with E-state index in [1.165, 1.54) is 11.8 Å².